The van der Waals surface area contributed by atoms with E-state index in [1.165, 1.54) is 12.1 Å². The third-order valence-electron chi connectivity index (χ3n) is 5.70. The summed E-state index contributed by atoms with van der Waals surface area (Å²) in [7, 11) is 3.17. The number of hydrogen-bond donors (Lipinski definition) is 2. The molecule has 3 aromatic rings. The van der Waals surface area contributed by atoms with Crippen LogP contribution in [-0.2, 0) is 10.5 Å². The van der Waals surface area contributed by atoms with Gasteiger partial charge < -0.3 is 20.1 Å². The van der Waals surface area contributed by atoms with Crippen LogP contribution in [-0.4, -0.2) is 20.0 Å². The zero-order valence-corrected chi connectivity index (χ0v) is 17.7. The first kappa shape index (κ1) is 20.7. The maximum absolute atomic E-state index is 13.8. The summed E-state index contributed by atoms with van der Waals surface area (Å²) in [5, 5.41) is 7.07. The lowest BCUT2D eigenvalue weighted by Gasteiger charge is -2.38. The van der Waals surface area contributed by atoms with Crippen molar-refractivity contribution in [2.24, 2.45) is 0 Å². The molecule has 1 aliphatic rings. The first-order valence-corrected chi connectivity index (χ1v) is 10.2. The Morgan fingerprint density at radius 1 is 1.03 bits per heavy atom. The number of ether oxygens (including phenoxy) is 2. The van der Waals surface area contributed by atoms with Crippen molar-refractivity contribution < 1.29 is 18.7 Å². The average molecular weight is 420 g/mol. The highest BCUT2D eigenvalue weighted by atomic mass is 19.1. The maximum Gasteiger partial charge on any atom is 0.149 e. The lowest BCUT2D eigenvalue weighted by atomic mass is 9.80. The van der Waals surface area contributed by atoms with Crippen LogP contribution in [0.2, 0.25) is 0 Å². The number of anilines is 2. The van der Waals surface area contributed by atoms with Crippen molar-refractivity contribution in [1.82, 2.24) is 0 Å². The number of rotatable bonds is 7. The second-order valence-electron chi connectivity index (χ2n) is 7.51. The van der Waals surface area contributed by atoms with Gasteiger partial charge in [-0.05, 0) is 29.3 Å². The van der Waals surface area contributed by atoms with Gasteiger partial charge in [0.1, 0.15) is 28.8 Å². The molecular formula is C25H25FN2O3. The Balaban J connectivity index is 1.91. The molecule has 0 fully saturated rings. The quantitative estimate of drug-likeness (QED) is 0.543. The fourth-order valence-corrected chi connectivity index (χ4v) is 4.23. The van der Waals surface area contributed by atoms with Crippen LogP contribution in [0.4, 0.5) is 15.8 Å². The number of methoxy groups -OCH3 is 2. The maximum atomic E-state index is 13.8. The molecule has 0 spiro atoms. The fraction of sp³-hybridized carbons (Fsp3) is 0.240. The lowest BCUT2D eigenvalue weighted by Crippen LogP contribution is -2.47. The molecule has 31 heavy (non-hydrogen) atoms. The molecule has 5 nitrogen and oxygen atoms in total. The van der Waals surface area contributed by atoms with Crippen molar-refractivity contribution in [2.45, 2.75) is 24.9 Å². The summed E-state index contributed by atoms with van der Waals surface area (Å²) in [5.41, 5.74) is 2.21. The van der Waals surface area contributed by atoms with Gasteiger partial charge in [0, 0.05) is 36.0 Å². The van der Waals surface area contributed by atoms with Gasteiger partial charge in [-0.1, -0.05) is 37.3 Å². The van der Waals surface area contributed by atoms with Gasteiger partial charge in [0.15, 0.2) is 0 Å². The molecule has 0 aromatic heterocycles. The zero-order chi connectivity index (χ0) is 22.0. The molecular weight excluding hydrogens is 395 g/mol. The molecule has 2 atom stereocenters. The van der Waals surface area contributed by atoms with E-state index in [0.717, 1.165) is 16.8 Å². The SMILES string of the molecule is CCC(=O)C1c2ccccc2NC1(Nc1cc(OC)cc(OC)c1)c1ccc(F)cc1. The van der Waals surface area contributed by atoms with Crippen molar-refractivity contribution in [3.8, 4) is 11.5 Å². The number of Topliss-reactive ketones (excluding diaryl/α,β-unsaturated/α-hetero) is 1. The molecule has 2 N–H and O–H groups in total. The molecule has 3 aromatic carbocycles. The number of ketones is 1. The van der Waals surface area contributed by atoms with Crippen LogP contribution in [0.5, 0.6) is 11.5 Å². The van der Waals surface area contributed by atoms with Crippen molar-refractivity contribution in [1.29, 1.82) is 0 Å². The van der Waals surface area contributed by atoms with E-state index in [9.17, 15) is 9.18 Å². The molecule has 0 saturated carbocycles. The number of halogens is 1. The van der Waals surface area contributed by atoms with Crippen molar-refractivity contribution in [3.05, 3.63) is 83.7 Å². The minimum Gasteiger partial charge on any atom is -0.497 e. The average Bonchev–Trinajstić information content (AvgIpc) is 3.13. The standard InChI is InChI=1S/C25H25FN2O3/c1-4-23(29)24-21-7-5-6-8-22(21)28-25(24,16-9-11-17(26)12-10-16)27-18-13-19(30-2)15-20(14-18)31-3/h5-15,24,27-28H,4H2,1-3H3. The molecule has 4 rings (SSSR count). The predicted octanol–water partition coefficient (Wildman–Crippen LogP) is 5.30. The van der Waals surface area contributed by atoms with Crippen LogP contribution >= 0.6 is 0 Å². The van der Waals surface area contributed by atoms with Crippen molar-refractivity contribution in [3.63, 3.8) is 0 Å². The summed E-state index contributed by atoms with van der Waals surface area (Å²) in [6.07, 6.45) is 0.368. The fourth-order valence-electron chi connectivity index (χ4n) is 4.23. The molecule has 1 aliphatic heterocycles. The summed E-state index contributed by atoms with van der Waals surface area (Å²) in [6.45, 7) is 1.85. The molecule has 0 radical (unpaired) electrons. The Kier molecular flexibility index (Phi) is 5.55. The predicted molar refractivity (Wildman–Crippen MR) is 119 cm³/mol. The van der Waals surface area contributed by atoms with Crippen molar-refractivity contribution >= 4 is 17.2 Å². The summed E-state index contributed by atoms with van der Waals surface area (Å²) in [5.74, 6) is 0.450. The van der Waals surface area contributed by atoms with Crippen LogP contribution < -0.4 is 20.1 Å². The first-order valence-electron chi connectivity index (χ1n) is 10.2. The van der Waals surface area contributed by atoms with Crippen LogP contribution in [0.3, 0.4) is 0 Å². The molecule has 2 unspecified atom stereocenters. The summed E-state index contributed by atoms with van der Waals surface area (Å²) in [4.78, 5) is 13.3. The van der Waals surface area contributed by atoms with Gasteiger partial charge >= 0.3 is 0 Å². The Labute approximate surface area is 181 Å². The van der Waals surface area contributed by atoms with Crippen molar-refractivity contribution in [2.75, 3.05) is 24.9 Å². The van der Waals surface area contributed by atoms with E-state index in [1.807, 2.05) is 43.3 Å². The van der Waals surface area contributed by atoms with E-state index in [1.54, 1.807) is 32.4 Å². The first-order chi connectivity index (χ1) is 15.0. The molecule has 6 heteroatoms. The Morgan fingerprint density at radius 3 is 2.29 bits per heavy atom. The summed E-state index contributed by atoms with van der Waals surface area (Å²) in [6, 6.07) is 19.4. The Bertz CT molecular complexity index is 1080. The Morgan fingerprint density at radius 2 is 1.68 bits per heavy atom. The monoisotopic (exact) mass is 420 g/mol. The van der Waals surface area contributed by atoms with E-state index in [-0.39, 0.29) is 11.6 Å². The molecule has 0 aliphatic carbocycles. The molecule has 160 valence electrons. The number of carbonyl (C=O) groups is 1. The highest BCUT2D eigenvalue weighted by Crippen LogP contribution is 2.50. The Hall–Kier alpha value is -3.54. The largest absolute Gasteiger partial charge is 0.497 e. The number of para-hydroxylation sites is 1. The van der Waals surface area contributed by atoms with Crippen LogP contribution in [0.15, 0.2) is 66.7 Å². The number of nitrogens with one attached hydrogen (secondary N) is 2. The van der Waals surface area contributed by atoms with E-state index in [2.05, 4.69) is 10.6 Å². The lowest BCUT2D eigenvalue weighted by molar-refractivity contribution is -0.121. The number of carbonyl (C=O) groups excluding carboxylic acids is 1. The second-order valence-corrected chi connectivity index (χ2v) is 7.51. The van der Waals surface area contributed by atoms with Gasteiger partial charge in [-0.25, -0.2) is 4.39 Å². The van der Waals surface area contributed by atoms with Gasteiger partial charge in [-0.3, -0.25) is 4.79 Å². The van der Waals surface area contributed by atoms with E-state index in [0.29, 0.717) is 23.6 Å². The van der Waals surface area contributed by atoms with Gasteiger partial charge in [0.2, 0.25) is 0 Å². The molecule has 1 heterocycles. The zero-order valence-electron chi connectivity index (χ0n) is 17.7. The van der Waals surface area contributed by atoms with Gasteiger partial charge in [0.25, 0.3) is 0 Å². The number of benzene rings is 3. The topological polar surface area (TPSA) is 59.6 Å². The van der Waals surface area contributed by atoms with Crippen LogP contribution in [0, 0.1) is 5.82 Å². The van der Waals surface area contributed by atoms with E-state index in [4.69, 9.17) is 9.47 Å². The molecule has 0 amide bonds. The molecule has 0 bridgehead atoms. The highest BCUT2D eigenvalue weighted by Gasteiger charge is 2.50. The summed E-state index contributed by atoms with van der Waals surface area (Å²) >= 11 is 0. The molecule has 0 saturated heterocycles. The highest BCUT2D eigenvalue weighted by molar-refractivity contribution is 5.93. The van der Waals surface area contributed by atoms with Gasteiger partial charge in [0.05, 0.1) is 20.1 Å². The second kappa shape index (κ2) is 8.30. The minimum atomic E-state index is -1.01. The smallest absolute Gasteiger partial charge is 0.149 e. The van der Waals surface area contributed by atoms with Crippen LogP contribution in [0.1, 0.15) is 30.4 Å². The van der Waals surface area contributed by atoms with Gasteiger partial charge in [-0.2, -0.15) is 0 Å². The third kappa shape index (κ3) is 3.69. The van der Waals surface area contributed by atoms with Gasteiger partial charge in [-0.15, -0.1) is 0 Å². The normalized spacial score (nSPS) is 19.3. The van der Waals surface area contributed by atoms with Crippen LogP contribution in [0.25, 0.3) is 0 Å². The minimum absolute atomic E-state index is 0.0733. The summed E-state index contributed by atoms with van der Waals surface area (Å²) < 4.78 is 24.6. The van der Waals surface area contributed by atoms with E-state index < -0.39 is 11.6 Å². The number of hydrogen-bond acceptors (Lipinski definition) is 5. The number of fused-ring (bicyclic) bond motifs is 1. The van der Waals surface area contributed by atoms with E-state index >= 15 is 0 Å². The third-order valence-corrected chi connectivity index (χ3v) is 5.70.